The first-order chi connectivity index (χ1) is 25.2. The Morgan fingerprint density at radius 2 is 1.69 bits per heavy atom. The molecule has 13 nitrogen and oxygen atoms in total. The number of methoxy groups -OCH3 is 1. The fourth-order valence-electron chi connectivity index (χ4n) is 9.25. The minimum absolute atomic E-state index is 0.160. The minimum atomic E-state index is -1.84. The second-order valence-corrected chi connectivity index (χ2v) is 16.9. The summed E-state index contributed by atoms with van der Waals surface area (Å²) in [6.45, 7) is 26.9. The maximum absolute atomic E-state index is 14.4. The average Bonchev–Trinajstić information content (AvgIpc) is 3.43. The molecule has 3 fully saturated rings. The van der Waals surface area contributed by atoms with Crippen molar-refractivity contribution in [3.63, 3.8) is 0 Å². The maximum Gasteiger partial charge on any atom is 0.311 e. The van der Waals surface area contributed by atoms with E-state index >= 15 is 0 Å². The number of fused-ring (bicyclic) bond motifs is 2. The summed E-state index contributed by atoms with van der Waals surface area (Å²) in [4.78, 5) is 16.5. The molecule has 0 spiro atoms. The average molecular weight is 768 g/mol. The van der Waals surface area contributed by atoms with E-state index in [0.717, 1.165) is 5.57 Å². The van der Waals surface area contributed by atoms with Crippen LogP contribution < -0.4 is 0 Å². The van der Waals surface area contributed by atoms with Gasteiger partial charge < -0.3 is 53.6 Å². The van der Waals surface area contributed by atoms with Crippen molar-refractivity contribution >= 4 is 5.97 Å². The summed E-state index contributed by atoms with van der Waals surface area (Å²) in [5.74, 6) is -2.36. The number of ether oxygens (including phenoxy) is 7. The van der Waals surface area contributed by atoms with Gasteiger partial charge >= 0.3 is 5.97 Å². The molecule has 0 radical (unpaired) electrons. The summed E-state index contributed by atoms with van der Waals surface area (Å²) >= 11 is 0. The zero-order valence-corrected chi connectivity index (χ0v) is 34.4. The molecule has 4 aliphatic heterocycles. The highest BCUT2D eigenvalue weighted by Gasteiger charge is 2.57. The maximum atomic E-state index is 14.4. The first-order valence-electron chi connectivity index (χ1n) is 19.7. The van der Waals surface area contributed by atoms with Gasteiger partial charge in [0, 0.05) is 45.0 Å². The van der Waals surface area contributed by atoms with E-state index in [1.54, 1.807) is 39.8 Å². The molecular formula is C41H69NO12. The summed E-state index contributed by atoms with van der Waals surface area (Å²) < 4.78 is 45.2. The largest absolute Gasteiger partial charge is 0.488 e. The monoisotopic (exact) mass is 767 g/mol. The lowest BCUT2D eigenvalue weighted by molar-refractivity contribution is -0.316. The van der Waals surface area contributed by atoms with Crippen LogP contribution in [0.2, 0.25) is 0 Å². The van der Waals surface area contributed by atoms with Crippen LogP contribution in [0, 0.1) is 17.8 Å². The molecule has 5 unspecified atom stereocenters. The molecule has 17 atom stereocenters. The number of nitrogens with zero attached hydrogens (tertiary/aromatic N) is 1. The molecule has 0 amide bonds. The summed E-state index contributed by atoms with van der Waals surface area (Å²) in [6.07, 6.45) is -4.14. The number of rotatable bonds is 13. The first kappa shape index (κ1) is 44.8. The summed E-state index contributed by atoms with van der Waals surface area (Å²) in [6, 6.07) is -0.329. The van der Waals surface area contributed by atoms with Crippen LogP contribution in [0.15, 0.2) is 36.6 Å². The molecule has 310 valence electrons. The zero-order chi connectivity index (χ0) is 40.5. The van der Waals surface area contributed by atoms with E-state index in [1.165, 1.54) is 14.0 Å². The van der Waals surface area contributed by atoms with Crippen LogP contribution >= 0.6 is 0 Å². The van der Waals surface area contributed by atoms with Gasteiger partial charge in [0.1, 0.15) is 41.4 Å². The Balaban J connectivity index is 1.83. The Bertz CT molecular complexity index is 1330. The van der Waals surface area contributed by atoms with E-state index in [9.17, 15) is 25.2 Å². The molecule has 0 aromatic rings. The number of aliphatic hydroxyl groups is 4. The van der Waals surface area contributed by atoms with Gasteiger partial charge in [-0.05, 0) is 66.9 Å². The Labute approximate surface area is 322 Å². The van der Waals surface area contributed by atoms with E-state index in [0.29, 0.717) is 31.7 Å². The van der Waals surface area contributed by atoms with E-state index < -0.39 is 95.8 Å². The predicted molar refractivity (Wildman–Crippen MR) is 202 cm³/mol. The van der Waals surface area contributed by atoms with Crippen molar-refractivity contribution in [2.75, 3.05) is 20.2 Å². The van der Waals surface area contributed by atoms with Crippen molar-refractivity contribution in [3.8, 4) is 0 Å². The third-order valence-electron chi connectivity index (χ3n) is 12.5. The lowest BCUT2D eigenvalue weighted by Gasteiger charge is -2.49. The standard InChI is InChI=1S/C41H69NO12/c1-14-17-42(18-15-2)28-19-23(5)49-38(31(28)44)53-35-25(7)33(51-30-21-39(10,48-13)34(45)27(9)50-30)26(8)37(46)52-36(41(12,47)29(43)16-3)24(6)32-22(4)20-40(35,11)54-32/h14-15,23-31,33-36,38,43-45,47H,1-2,16-21H2,3-13H3/t23?,24-,25-,26+,27?,28?,29+,30-,31?,33-,34-,35+,36+,38-,39?,40-,41+/m0/s1. The van der Waals surface area contributed by atoms with Gasteiger partial charge in [-0.25, -0.2) is 0 Å². The minimum Gasteiger partial charge on any atom is -0.488 e. The summed E-state index contributed by atoms with van der Waals surface area (Å²) in [7, 11) is 1.52. The molecule has 4 rings (SSSR count). The lowest BCUT2D eigenvalue weighted by Crippen LogP contribution is -2.60. The predicted octanol–water partition coefficient (Wildman–Crippen LogP) is 4.00. The SMILES string of the molecule is C=CCN(CC=C)C1CC(C)O[C@@H](O[C@@H]2[C@@H](C)[C@H](O[C@H]3CC(C)(OC)[C@@H](O)C(C)O3)[C@@H](C)C(=O)O[C@@H]([C@](C)(O)[C@H](O)CC)[C@@H](C)C3=C(C)C[C@]2(C)O3)C1O. The lowest BCUT2D eigenvalue weighted by atomic mass is 9.78. The van der Waals surface area contributed by atoms with Gasteiger partial charge in [0.15, 0.2) is 12.6 Å². The van der Waals surface area contributed by atoms with Crippen molar-refractivity contribution in [1.82, 2.24) is 4.90 Å². The number of hydrogen-bond acceptors (Lipinski definition) is 13. The van der Waals surface area contributed by atoms with Gasteiger partial charge in [-0.2, -0.15) is 0 Å². The smallest absolute Gasteiger partial charge is 0.311 e. The number of esters is 1. The molecule has 3 saturated heterocycles. The van der Waals surface area contributed by atoms with Gasteiger partial charge in [0.05, 0.1) is 41.9 Å². The van der Waals surface area contributed by atoms with Crippen LogP contribution in [0.25, 0.3) is 0 Å². The highest BCUT2D eigenvalue weighted by atomic mass is 16.7. The second kappa shape index (κ2) is 17.7. The van der Waals surface area contributed by atoms with Crippen molar-refractivity contribution < 1.29 is 58.4 Å². The summed E-state index contributed by atoms with van der Waals surface area (Å²) in [5.41, 5.74) is -3.04. The molecule has 4 aliphatic rings. The van der Waals surface area contributed by atoms with E-state index in [2.05, 4.69) is 18.1 Å². The first-order valence-corrected chi connectivity index (χ1v) is 19.7. The molecule has 4 N–H and O–H groups in total. The van der Waals surface area contributed by atoms with Crippen molar-refractivity contribution in [2.45, 2.75) is 179 Å². The fraction of sp³-hybridized carbons (Fsp3) is 0.829. The number of hydrogen-bond donors (Lipinski definition) is 4. The van der Waals surface area contributed by atoms with Gasteiger partial charge in [-0.1, -0.05) is 32.9 Å². The highest BCUT2D eigenvalue weighted by molar-refractivity contribution is 5.73. The Morgan fingerprint density at radius 3 is 2.26 bits per heavy atom. The molecule has 0 aromatic heterocycles. The number of aliphatic hydroxyl groups excluding tert-OH is 3. The third kappa shape index (κ3) is 8.96. The van der Waals surface area contributed by atoms with Gasteiger partial charge in [0.25, 0.3) is 0 Å². The third-order valence-corrected chi connectivity index (χ3v) is 12.5. The van der Waals surface area contributed by atoms with Crippen LogP contribution in [0.1, 0.15) is 94.9 Å². The molecular weight excluding hydrogens is 698 g/mol. The normalized spacial score (nSPS) is 43.8. The van der Waals surface area contributed by atoms with E-state index in [4.69, 9.17) is 33.2 Å². The van der Waals surface area contributed by atoms with Gasteiger partial charge in [0.2, 0.25) is 0 Å². The fourth-order valence-corrected chi connectivity index (χ4v) is 9.25. The van der Waals surface area contributed by atoms with Gasteiger partial charge in [-0.15, -0.1) is 13.2 Å². The Kier molecular flexibility index (Phi) is 14.7. The van der Waals surface area contributed by atoms with Crippen LogP contribution in [0.4, 0.5) is 0 Å². The van der Waals surface area contributed by atoms with Gasteiger partial charge in [-0.3, -0.25) is 9.69 Å². The highest BCUT2D eigenvalue weighted by Crippen LogP contribution is 2.48. The van der Waals surface area contributed by atoms with Crippen LogP contribution in [-0.4, -0.2) is 136 Å². The Morgan fingerprint density at radius 1 is 1.06 bits per heavy atom. The van der Waals surface area contributed by atoms with Crippen molar-refractivity contribution in [2.24, 2.45) is 17.8 Å². The molecule has 13 heteroatoms. The van der Waals surface area contributed by atoms with Crippen LogP contribution in [0.5, 0.6) is 0 Å². The number of carbonyl (C=O) groups is 1. The van der Waals surface area contributed by atoms with Crippen molar-refractivity contribution in [3.05, 3.63) is 36.6 Å². The van der Waals surface area contributed by atoms with Crippen LogP contribution in [-0.2, 0) is 38.0 Å². The molecule has 54 heavy (non-hydrogen) atoms. The van der Waals surface area contributed by atoms with Crippen molar-refractivity contribution in [1.29, 1.82) is 0 Å². The molecule has 0 saturated carbocycles. The molecule has 4 heterocycles. The zero-order valence-electron chi connectivity index (χ0n) is 34.4. The Hall–Kier alpha value is -1.91. The van der Waals surface area contributed by atoms with E-state index in [1.807, 2.05) is 34.6 Å². The second-order valence-electron chi connectivity index (χ2n) is 16.9. The number of carbonyl (C=O) groups excluding carboxylic acids is 1. The quantitative estimate of drug-likeness (QED) is 0.157. The van der Waals surface area contributed by atoms with E-state index in [-0.39, 0.29) is 25.0 Å². The molecule has 2 bridgehead atoms. The molecule has 0 aliphatic carbocycles. The topological polar surface area (TPSA) is 166 Å². The summed E-state index contributed by atoms with van der Waals surface area (Å²) in [5, 5.41) is 45.7. The number of cyclic esters (lactones) is 1. The van der Waals surface area contributed by atoms with Crippen LogP contribution in [0.3, 0.4) is 0 Å². The molecule has 0 aromatic carbocycles.